The highest BCUT2D eigenvalue weighted by Gasteiger charge is 2.23. The maximum atomic E-state index is 6.17. The van der Waals surface area contributed by atoms with Crippen molar-refractivity contribution >= 4 is 11.6 Å². The van der Waals surface area contributed by atoms with Crippen molar-refractivity contribution in [2.45, 2.75) is 38.8 Å². The second-order valence-electron chi connectivity index (χ2n) is 7.58. The molecule has 0 aliphatic carbocycles. The minimum absolute atomic E-state index is 0.152. The molecule has 0 saturated carbocycles. The predicted octanol–water partition coefficient (Wildman–Crippen LogP) is 4.05. The van der Waals surface area contributed by atoms with E-state index < -0.39 is 0 Å². The summed E-state index contributed by atoms with van der Waals surface area (Å²) in [6.45, 7) is 6.79. The van der Waals surface area contributed by atoms with E-state index in [1.54, 1.807) is 7.11 Å². The van der Waals surface area contributed by atoms with Crippen molar-refractivity contribution in [3.8, 4) is 11.5 Å². The van der Waals surface area contributed by atoms with Gasteiger partial charge in [-0.25, -0.2) is 0 Å². The molecule has 2 aromatic rings. The van der Waals surface area contributed by atoms with Gasteiger partial charge in [-0.1, -0.05) is 12.1 Å². The van der Waals surface area contributed by atoms with Crippen LogP contribution in [-0.2, 0) is 0 Å². The van der Waals surface area contributed by atoms with Gasteiger partial charge in [0.25, 0.3) is 0 Å². The van der Waals surface area contributed by atoms with Crippen LogP contribution in [-0.4, -0.2) is 43.7 Å². The molecule has 2 aromatic carbocycles. The van der Waals surface area contributed by atoms with Gasteiger partial charge in [-0.15, -0.1) is 0 Å². The lowest BCUT2D eigenvalue weighted by atomic mass is 10.1. The summed E-state index contributed by atoms with van der Waals surface area (Å²) in [7, 11) is 1.70. The van der Waals surface area contributed by atoms with Gasteiger partial charge < -0.3 is 20.5 Å². The van der Waals surface area contributed by atoms with Crippen LogP contribution >= 0.6 is 0 Å². The first kappa shape index (κ1) is 21.0. The third-order valence-electron chi connectivity index (χ3n) is 4.99. The molecular formula is C23H32N4O2. The highest BCUT2D eigenvalue weighted by atomic mass is 16.5. The Bertz CT molecular complexity index is 799. The van der Waals surface area contributed by atoms with Crippen LogP contribution in [0.25, 0.3) is 0 Å². The molecular weight excluding hydrogens is 364 g/mol. The summed E-state index contributed by atoms with van der Waals surface area (Å²) in [5.74, 6) is 2.12. The van der Waals surface area contributed by atoms with E-state index in [9.17, 15) is 0 Å². The Balaban J connectivity index is 1.67. The second-order valence-corrected chi connectivity index (χ2v) is 7.58. The Hall–Kier alpha value is -2.73. The van der Waals surface area contributed by atoms with Crippen molar-refractivity contribution < 1.29 is 9.47 Å². The number of nitrogens with one attached hydrogen (secondary N) is 1. The monoisotopic (exact) mass is 396 g/mol. The first-order chi connectivity index (χ1) is 14.0. The maximum absolute atomic E-state index is 6.17. The third-order valence-corrected chi connectivity index (χ3v) is 4.99. The van der Waals surface area contributed by atoms with Crippen LogP contribution in [0, 0.1) is 0 Å². The molecule has 1 fully saturated rings. The van der Waals surface area contributed by atoms with E-state index in [2.05, 4.69) is 27.3 Å². The van der Waals surface area contributed by atoms with Gasteiger partial charge in [-0.3, -0.25) is 9.89 Å². The number of rotatable bonds is 8. The summed E-state index contributed by atoms with van der Waals surface area (Å²) in [5, 5.41) is 3.17. The number of nitrogens with zero attached hydrogens (tertiary/aromatic N) is 2. The highest BCUT2D eigenvalue weighted by Crippen LogP contribution is 2.28. The zero-order valence-electron chi connectivity index (χ0n) is 17.6. The lowest BCUT2D eigenvalue weighted by Crippen LogP contribution is -2.30. The Labute approximate surface area is 173 Å². The summed E-state index contributed by atoms with van der Waals surface area (Å²) in [6, 6.07) is 16.2. The topological polar surface area (TPSA) is 72.1 Å². The number of ether oxygens (including phenoxy) is 2. The first-order valence-electron chi connectivity index (χ1n) is 10.3. The average Bonchev–Trinajstić information content (AvgIpc) is 3.24. The summed E-state index contributed by atoms with van der Waals surface area (Å²) in [6.07, 6.45) is 2.60. The number of likely N-dealkylation sites (tertiary alicyclic amines) is 1. The fourth-order valence-corrected chi connectivity index (χ4v) is 3.59. The van der Waals surface area contributed by atoms with E-state index in [1.807, 2.05) is 50.2 Å². The molecule has 3 rings (SSSR count). The first-order valence-corrected chi connectivity index (χ1v) is 10.3. The van der Waals surface area contributed by atoms with Gasteiger partial charge in [-0.05, 0) is 81.7 Å². The van der Waals surface area contributed by atoms with E-state index in [0.29, 0.717) is 12.5 Å². The molecule has 6 nitrogen and oxygen atoms in total. The summed E-state index contributed by atoms with van der Waals surface area (Å²) in [5.41, 5.74) is 8.27. The van der Waals surface area contributed by atoms with Crippen molar-refractivity contribution in [2.24, 2.45) is 10.7 Å². The molecule has 1 unspecified atom stereocenters. The van der Waals surface area contributed by atoms with Gasteiger partial charge in [0.15, 0.2) is 5.96 Å². The van der Waals surface area contributed by atoms with Crippen molar-refractivity contribution in [2.75, 3.05) is 32.1 Å². The van der Waals surface area contributed by atoms with E-state index >= 15 is 0 Å². The molecule has 6 heteroatoms. The number of guanidine groups is 1. The molecule has 0 bridgehead atoms. The number of aliphatic imine (C=N–C) groups is 1. The minimum Gasteiger partial charge on any atom is -0.497 e. The zero-order valence-corrected chi connectivity index (χ0v) is 17.6. The predicted molar refractivity (Wildman–Crippen MR) is 119 cm³/mol. The number of anilines is 1. The molecule has 1 aliphatic rings. The summed E-state index contributed by atoms with van der Waals surface area (Å²) < 4.78 is 11.1. The van der Waals surface area contributed by atoms with Gasteiger partial charge in [0.2, 0.25) is 0 Å². The molecule has 3 N–H and O–H groups in total. The molecule has 0 radical (unpaired) electrons. The van der Waals surface area contributed by atoms with E-state index in [4.69, 9.17) is 15.2 Å². The smallest absolute Gasteiger partial charge is 0.193 e. The largest absolute Gasteiger partial charge is 0.497 e. The van der Waals surface area contributed by atoms with Gasteiger partial charge >= 0.3 is 0 Å². The van der Waals surface area contributed by atoms with Gasteiger partial charge in [0, 0.05) is 5.69 Å². The third kappa shape index (κ3) is 6.12. The van der Waals surface area contributed by atoms with Crippen LogP contribution in [0.4, 0.5) is 5.69 Å². The van der Waals surface area contributed by atoms with E-state index in [0.717, 1.165) is 30.3 Å². The van der Waals surface area contributed by atoms with Crippen molar-refractivity contribution in [1.82, 2.24) is 4.90 Å². The molecule has 1 saturated heterocycles. The van der Waals surface area contributed by atoms with Crippen LogP contribution in [0.5, 0.6) is 11.5 Å². The van der Waals surface area contributed by atoms with Crippen molar-refractivity contribution in [3.05, 3.63) is 54.1 Å². The number of nitrogens with two attached hydrogens (primary N) is 1. The van der Waals surface area contributed by atoms with Crippen molar-refractivity contribution in [3.63, 3.8) is 0 Å². The van der Waals surface area contributed by atoms with Gasteiger partial charge in [0.1, 0.15) is 11.5 Å². The number of methoxy groups -OCH3 is 1. The molecule has 0 spiro atoms. The van der Waals surface area contributed by atoms with E-state index in [-0.39, 0.29) is 12.1 Å². The van der Waals surface area contributed by atoms with Gasteiger partial charge in [-0.2, -0.15) is 0 Å². The zero-order chi connectivity index (χ0) is 20.6. The molecule has 0 aromatic heterocycles. The molecule has 1 heterocycles. The maximum Gasteiger partial charge on any atom is 0.193 e. The summed E-state index contributed by atoms with van der Waals surface area (Å²) >= 11 is 0. The molecule has 29 heavy (non-hydrogen) atoms. The Morgan fingerprint density at radius 3 is 2.48 bits per heavy atom. The average molecular weight is 397 g/mol. The highest BCUT2D eigenvalue weighted by molar-refractivity contribution is 5.92. The van der Waals surface area contributed by atoms with Gasteiger partial charge in [0.05, 0.1) is 25.8 Å². The normalized spacial score (nSPS) is 16.1. The Kier molecular flexibility index (Phi) is 7.36. The Morgan fingerprint density at radius 2 is 1.83 bits per heavy atom. The van der Waals surface area contributed by atoms with Crippen LogP contribution in [0.3, 0.4) is 0 Å². The molecule has 156 valence electrons. The van der Waals surface area contributed by atoms with Crippen LogP contribution in [0.15, 0.2) is 53.5 Å². The van der Waals surface area contributed by atoms with Crippen LogP contribution in [0.1, 0.15) is 38.3 Å². The fraction of sp³-hybridized carbons (Fsp3) is 0.435. The SMILES string of the molecule is COc1cccc(C(CN=C(N)Nc2ccc(OC(C)C)cc2)N2CCCC2)c1. The second kappa shape index (κ2) is 10.2. The Morgan fingerprint density at radius 1 is 1.10 bits per heavy atom. The number of benzene rings is 2. The quantitative estimate of drug-likeness (QED) is 0.520. The lowest BCUT2D eigenvalue weighted by Gasteiger charge is -2.27. The summed E-state index contributed by atoms with van der Waals surface area (Å²) in [4.78, 5) is 7.11. The molecule has 1 aliphatic heterocycles. The van der Waals surface area contributed by atoms with Crippen LogP contribution < -0.4 is 20.5 Å². The van der Waals surface area contributed by atoms with Crippen molar-refractivity contribution in [1.29, 1.82) is 0 Å². The molecule has 0 amide bonds. The standard InChI is InChI=1S/C23H32N4O2/c1-17(2)29-20-11-9-19(10-12-20)26-23(24)25-16-22(27-13-4-5-14-27)18-7-6-8-21(15-18)28-3/h6-12,15,17,22H,4-5,13-14,16H2,1-3H3,(H3,24,25,26). The molecule has 1 atom stereocenters. The van der Waals surface area contributed by atoms with E-state index in [1.165, 1.54) is 18.4 Å². The number of hydrogen-bond donors (Lipinski definition) is 2. The minimum atomic E-state index is 0.152. The number of hydrogen-bond acceptors (Lipinski definition) is 4. The van der Waals surface area contributed by atoms with Crippen LogP contribution in [0.2, 0.25) is 0 Å². The fourth-order valence-electron chi connectivity index (χ4n) is 3.59. The lowest BCUT2D eigenvalue weighted by molar-refractivity contribution is 0.242.